The lowest BCUT2D eigenvalue weighted by Gasteiger charge is -2.30. The molecule has 0 aliphatic carbocycles. The Labute approximate surface area is 80.0 Å². The van der Waals surface area contributed by atoms with Crippen LogP contribution < -0.4 is 5.73 Å². The van der Waals surface area contributed by atoms with Crippen LogP contribution in [0.5, 0.6) is 0 Å². The minimum atomic E-state index is -2.76. The van der Waals surface area contributed by atoms with E-state index in [1.807, 2.05) is 6.92 Å². The van der Waals surface area contributed by atoms with Crippen molar-refractivity contribution in [3.05, 3.63) is 0 Å². The maximum atomic E-state index is 7.39. The third-order valence-electron chi connectivity index (χ3n) is 2.06. The van der Waals surface area contributed by atoms with Crippen molar-refractivity contribution in [2.45, 2.75) is 18.9 Å². The first-order valence-electron chi connectivity index (χ1n) is 4.07. The lowest BCUT2D eigenvalue weighted by Crippen LogP contribution is -2.51. The first-order chi connectivity index (χ1) is 6.07. The van der Waals surface area contributed by atoms with Crippen molar-refractivity contribution in [3.8, 4) is 0 Å². The summed E-state index contributed by atoms with van der Waals surface area (Å²) in [4.78, 5) is 0. The van der Waals surface area contributed by atoms with Crippen LogP contribution in [0.3, 0.4) is 0 Å². The van der Waals surface area contributed by atoms with Gasteiger partial charge < -0.3 is 19.0 Å². The molecule has 0 heterocycles. The van der Waals surface area contributed by atoms with Crippen molar-refractivity contribution < 1.29 is 13.3 Å². The van der Waals surface area contributed by atoms with E-state index in [0.29, 0.717) is 6.42 Å². The molecule has 0 aromatic rings. The summed E-state index contributed by atoms with van der Waals surface area (Å²) in [6.07, 6.45) is 0.678. The molecule has 0 aromatic carbocycles. The zero-order chi connectivity index (χ0) is 10.5. The van der Waals surface area contributed by atoms with Crippen LogP contribution in [0, 0.1) is 5.41 Å². The zero-order valence-electron chi connectivity index (χ0n) is 8.59. The molecule has 1 unspecified atom stereocenters. The SMILES string of the molecule is CCC(C(=N)N)[Si](OC)(OC)OC. The highest BCUT2D eigenvalue weighted by atomic mass is 28.4. The molecule has 1 atom stereocenters. The van der Waals surface area contributed by atoms with E-state index in [1.165, 1.54) is 21.3 Å². The van der Waals surface area contributed by atoms with E-state index in [4.69, 9.17) is 24.4 Å². The van der Waals surface area contributed by atoms with Gasteiger partial charge in [-0.2, -0.15) is 0 Å². The molecule has 78 valence electrons. The van der Waals surface area contributed by atoms with Crippen LogP contribution in [0.25, 0.3) is 0 Å². The topological polar surface area (TPSA) is 77.6 Å². The molecule has 0 rings (SSSR count). The molecule has 13 heavy (non-hydrogen) atoms. The normalized spacial score (nSPS) is 14.2. The summed E-state index contributed by atoms with van der Waals surface area (Å²) in [7, 11) is 1.80. The van der Waals surface area contributed by atoms with E-state index in [9.17, 15) is 0 Å². The average Bonchev–Trinajstić information content (AvgIpc) is 2.13. The lowest BCUT2D eigenvalue weighted by atomic mass is 10.3. The van der Waals surface area contributed by atoms with Gasteiger partial charge in [0.15, 0.2) is 0 Å². The van der Waals surface area contributed by atoms with Crippen molar-refractivity contribution in [1.29, 1.82) is 5.41 Å². The molecular weight excluding hydrogens is 188 g/mol. The Kier molecular flexibility index (Phi) is 5.15. The molecule has 0 saturated heterocycles. The van der Waals surface area contributed by atoms with Gasteiger partial charge in [0.2, 0.25) is 0 Å². The van der Waals surface area contributed by atoms with E-state index in [-0.39, 0.29) is 11.4 Å². The van der Waals surface area contributed by atoms with Gasteiger partial charge in [-0.25, -0.2) is 0 Å². The summed E-state index contributed by atoms with van der Waals surface area (Å²) in [6.45, 7) is 1.92. The summed E-state index contributed by atoms with van der Waals surface area (Å²) in [6, 6.07) is 0. The van der Waals surface area contributed by atoms with Crippen LogP contribution in [0.2, 0.25) is 5.54 Å². The Morgan fingerprint density at radius 1 is 1.31 bits per heavy atom. The molecule has 6 heteroatoms. The van der Waals surface area contributed by atoms with Gasteiger partial charge in [0, 0.05) is 21.3 Å². The maximum absolute atomic E-state index is 7.39. The molecule has 0 aliphatic rings. The standard InChI is InChI=1S/C7H18N2O3Si/c1-5-6(7(8)9)13(10-2,11-3)12-4/h6H,5H2,1-4H3,(H3,8,9). The molecule has 3 N–H and O–H groups in total. The van der Waals surface area contributed by atoms with Gasteiger partial charge in [0.25, 0.3) is 0 Å². The Hall–Kier alpha value is -0.433. The van der Waals surface area contributed by atoms with Gasteiger partial charge in [-0.15, -0.1) is 0 Å². The minimum absolute atomic E-state index is 0.0553. The Morgan fingerprint density at radius 2 is 1.69 bits per heavy atom. The number of hydrogen-bond acceptors (Lipinski definition) is 4. The first-order valence-corrected chi connectivity index (χ1v) is 5.87. The molecule has 0 aromatic heterocycles. The Bertz CT molecular complexity index is 165. The third kappa shape index (κ3) is 2.50. The van der Waals surface area contributed by atoms with Gasteiger partial charge >= 0.3 is 8.80 Å². The highest BCUT2D eigenvalue weighted by molar-refractivity contribution is 6.66. The Balaban J connectivity index is 4.76. The van der Waals surface area contributed by atoms with Gasteiger partial charge in [0.1, 0.15) is 0 Å². The quantitative estimate of drug-likeness (QED) is 0.378. The smallest absolute Gasteiger partial charge is 0.387 e. The van der Waals surface area contributed by atoms with Crippen LogP contribution in [0.4, 0.5) is 0 Å². The largest absolute Gasteiger partial charge is 0.511 e. The highest BCUT2D eigenvalue weighted by Gasteiger charge is 2.48. The van der Waals surface area contributed by atoms with Crippen LogP contribution in [-0.4, -0.2) is 36.0 Å². The van der Waals surface area contributed by atoms with E-state index < -0.39 is 8.80 Å². The second-order valence-electron chi connectivity index (χ2n) is 2.63. The maximum Gasteiger partial charge on any atom is 0.511 e. The molecule has 0 amide bonds. The molecule has 0 spiro atoms. The fourth-order valence-corrected chi connectivity index (χ4v) is 3.57. The van der Waals surface area contributed by atoms with Gasteiger partial charge in [-0.1, -0.05) is 6.92 Å². The second kappa shape index (κ2) is 5.33. The van der Waals surface area contributed by atoms with Gasteiger partial charge in [-0.05, 0) is 6.42 Å². The molecule has 5 nitrogen and oxygen atoms in total. The van der Waals surface area contributed by atoms with E-state index in [0.717, 1.165) is 0 Å². The average molecular weight is 206 g/mol. The molecule has 0 fully saturated rings. The number of nitrogens with one attached hydrogen (secondary N) is 1. The monoisotopic (exact) mass is 206 g/mol. The van der Waals surface area contributed by atoms with E-state index >= 15 is 0 Å². The summed E-state index contributed by atoms with van der Waals surface area (Å²) < 4.78 is 15.7. The zero-order valence-corrected chi connectivity index (χ0v) is 9.59. The summed E-state index contributed by atoms with van der Waals surface area (Å²) in [5.41, 5.74) is 5.18. The van der Waals surface area contributed by atoms with Gasteiger partial charge in [-0.3, -0.25) is 5.41 Å². The minimum Gasteiger partial charge on any atom is -0.387 e. The van der Waals surface area contributed by atoms with Crippen LogP contribution in [0.1, 0.15) is 13.3 Å². The van der Waals surface area contributed by atoms with Crippen LogP contribution in [0.15, 0.2) is 0 Å². The van der Waals surface area contributed by atoms with Crippen LogP contribution >= 0.6 is 0 Å². The fraction of sp³-hybridized carbons (Fsp3) is 0.857. The third-order valence-corrected chi connectivity index (χ3v) is 5.34. The van der Waals surface area contributed by atoms with E-state index in [1.54, 1.807) is 0 Å². The van der Waals surface area contributed by atoms with Crippen molar-refractivity contribution >= 4 is 14.6 Å². The molecule has 0 aliphatic heterocycles. The molecule has 0 radical (unpaired) electrons. The number of amidine groups is 1. The predicted molar refractivity (Wildman–Crippen MR) is 52.7 cm³/mol. The van der Waals surface area contributed by atoms with Crippen molar-refractivity contribution in [1.82, 2.24) is 0 Å². The number of hydrogen-bond donors (Lipinski definition) is 2. The number of rotatable bonds is 6. The Morgan fingerprint density at radius 3 is 1.77 bits per heavy atom. The second-order valence-corrected chi connectivity index (χ2v) is 5.76. The van der Waals surface area contributed by atoms with E-state index in [2.05, 4.69) is 0 Å². The summed E-state index contributed by atoms with van der Waals surface area (Å²) >= 11 is 0. The van der Waals surface area contributed by atoms with Crippen molar-refractivity contribution in [3.63, 3.8) is 0 Å². The fourth-order valence-electron chi connectivity index (χ4n) is 1.34. The molecule has 0 bridgehead atoms. The first kappa shape index (κ1) is 12.6. The predicted octanol–water partition coefficient (Wildman–Crippen LogP) is 0.581. The summed E-state index contributed by atoms with van der Waals surface area (Å²) in [5, 5.41) is 7.39. The molecular formula is C7H18N2O3Si. The van der Waals surface area contributed by atoms with Crippen molar-refractivity contribution in [2.75, 3.05) is 21.3 Å². The lowest BCUT2D eigenvalue weighted by molar-refractivity contribution is 0.118. The van der Waals surface area contributed by atoms with Gasteiger partial charge in [0.05, 0.1) is 11.4 Å². The molecule has 0 saturated carbocycles. The van der Waals surface area contributed by atoms with Crippen molar-refractivity contribution in [2.24, 2.45) is 5.73 Å². The highest BCUT2D eigenvalue weighted by Crippen LogP contribution is 2.26. The summed E-state index contributed by atoms with van der Waals surface area (Å²) in [5.74, 6) is 0.0553. The van der Waals surface area contributed by atoms with Crippen LogP contribution in [-0.2, 0) is 13.3 Å². The number of nitrogens with two attached hydrogens (primary N) is 1.